The maximum atomic E-state index is 8.26. The molecule has 0 aromatic carbocycles. The molecule has 1 heterocycles. The van der Waals surface area contributed by atoms with Gasteiger partial charge in [-0.3, -0.25) is 0 Å². The second-order valence-corrected chi connectivity index (χ2v) is 3.66. The minimum atomic E-state index is 0.580. The number of hydrogen-bond donors (Lipinski definition) is 0. The molecular weight excluding hydrogens is 166 g/mol. The molecule has 0 aliphatic rings. The molecule has 1 aromatic rings. The molecular formula is C7H6ClNS. The predicted octanol–water partition coefficient (Wildman–Crippen LogP) is 2.86. The van der Waals surface area contributed by atoms with Crippen molar-refractivity contribution in [2.45, 2.75) is 12.8 Å². The highest BCUT2D eigenvalue weighted by atomic mass is 35.5. The molecule has 0 saturated heterocycles. The molecule has 1 nitrogen and oxygen atoms in total. The fourth-order valence-corrected chi connectivity index (χ4v) is 1.75. The van der Waals surface area contributed by atoms with Gasteiger partial charge in [-0.15, -0.1) is 11.3 Å². The lowest BCUT2D eigenvalue weighted by molar-refractivity contribution is 1.04. The van der Waals surface area contributed by atoms with Crippen molar-refractivity contribution in [1.82, 2.24) is 0 Å². The van der Waals surface area contributed by atoms with Crippen LogP contribution < -0.4 is 0 Å². The molecule has 0 aliphatic heterocycles. The monoisotopic (exact) mass is 171 g/mol. The van der Waals surface area contributed by atoms with Crippen molar-refractivity contribution in [3.8, 4) is 6.07 Å². The third kappa shape index (κ3) is 2.02. The quantitative estimate of drug-likeness (QED) is 0.672. The molecule has 0 N–H and O–H groups in total. The second-order valence-electron chi connectivity index (χ2n) is 1.86. The molecule has 0 fully saturated rings. The van der Waals surface area contributed by atoms with Crippen molar-refractivity contribution >= 4 is 22.9 Å². The third-order valence-electron chi connectivity index (χ3n) is 1.11. The molecule has 0 bridgehead atoms. The van der Waals surface area contributed by atoms with E-state index in [0.29, 0.717) is 6.42 Å². The minimum Gasteiger partial charge on any atom is -0.198 e. The van der Waals surface area contributed by atoms with E-state index in [-0.39, 0.29) is 0 Å². The van der Waals surface area contributed by atoms with Gasteiger partial charge in [0.15, 0.2) is 0 Å². The van der Waals surface area contributed by atoms with Crippen LogP contribution in [-0.4, -0.2) is 0 Å². The molecule has 0 atom stereocenters. The van der Waals surface area contributed by atoms with Crippen LogP contribution in [0.2, 0.25) is 4.34 Å². The van der Waals surface area contributed by atoms with Crippen molar-refractivity contribution in [2.75, 3.05) is 0 Å². The summed E-state index contributed by atoms with van der Waals surface area (Å²) in [5.74, 6) is 0. The van der Waals surface area contributed by atoms with Crippen LogP contribution >= 0.6 is 22.9 Å². The van der Waals surface area contributed by atoms with E-state index < -0.39 is 0 Å². The Morgan fingerprint density at radius 2 is 2.40 bits per heavy atom. The average Bonchev–Trinajstić information content (AvgIpc) is 2.31. The van der Waals surface area contributed by atoms with E-state index >= 15 is 0 Å². The summed E-state index contributed by atoms with van der Waals surface area (Å²) < 4.78 is 0.799. The van der Waals surface area contributed by atoms with Gasteiger partial charge in [0.2, 0.25) is 0 Å². The summed E-state index contributed by atoms with van der Waals surface area (Å²) in [6.45, 7) is 0. The predicted molar refractivity (Wildman–Crippen MR) is 43.3 cm³/mol. The number of halogens is 1. The van der Waals surface area contributed by atoms with E-state index in [1.165, 1.54) is 4.88 Å². The van der Waals surface area contributed by atoms with Gasteiger partial charge in [0, 0.05) is 11.3 Å². The summed E-state index contributed by atoms with van der Waals surface area (Å²) in [6.07, 6.45) is 1.41. The van der Waals surface area contributed by atoms with E-state index in [9.17, 15) is 0 Å². The van der Waals surface area contributed by atoms with Crippen molar-refractivity contribution in [2.24, 2.45) is 0 Å². The Kier molecular flexibility index (Phi) is 2.73. The van der Waals surface area contributed by atoms with E-state index in [1.54, 1.807) is 11.3 Å². The van der Waals surface area contributed by atoms with Gasteiger partial charge in [0.05, 0.1) is 10.4 Å². The lowest BCUT2D eigenvalue weighted by Crippen LogP contribution is -1.73. The SMILES string of the molecule is N#CCCc1ccc(Cl)s1. The highest BCUT2D eigenvalue weighted by Crippen LogP contribution is 2.22. The Hall–Kier alpha value is -0.520. The van der Waals surface area contributed by atoms with Crippen LogP contribution in [0.1, 0.15) is 11.3 Å². The van der Waals surface area contributed by atoms with Gasteiger partial charge in [-0.05, 0) is 18.6 Å². The van der Waals surface area contributed by atoms with Gasteiger partial charge in [-0.25, -0.2) is 0 Å². The molecule has 1 rings (SSSR count). The van der Waals surface area contributed by atoms with Gasteiger partial charge in [-0.1, -0.05) is 11.6 Å². The molecule has 0 amide bonds. The zero-order chi connectivity index (χ0) is 7.40. The minimum absolute atomic E-state index is 0.580. The number of hydrogen-bond acceptors (Lipinski definition) is 2. The van der Waals surface area contributed by atoms with Crippen molar-refractivity contribution in [3.63, 3.8) is 0 Å². The van der Waals surface area contributed by atoms with Crippen LogP contribution in [0.4, 0.5) is 0 Å². The number of nitrogens with zero attached hydrogens (tertiary/aromatic N) is 1. The van der Waals surface area contributed by atoms with Crippen LogP contribution in [0.3, 0.4) is 0 Å². The fourth-order valence-electron chi connectivity index (χ4n) is 0.665. The molecule has 0 saturated carbocycles. The van der Waals surface area contributed by atoms with Crippen LogP contribution in [0.25, 0.3) is 0 Å². The molecule has 1 aromatic heterocycles. The Morgan fingerprint density at radius 3 is 2.90 bits per heavy atom. The first-order chi connectivity index (χ1) is 4.83. The first-order valence-electron chi connectivity index (χ1n) is 2.94. The van der Waals surface area contributed by atoms with Gasteiger partial charge in [-0.2, -0.15) is 5.26 Å². The number of nitriles is 1. The summed E-state index contributed by atoms with van der Waals surface area (Å²) in [4.78, 5) is 1.19. The average molecular weight is 172 g/mol. The summed E-state index contributed by atoms with van der Waals surface area (Å²) in [7, 11) is 0. The lowest BCUT2D eigenvalue weighted by atomic mass is 10.3. The number of aryl methyl sites for hydroxylation is 1. The molecule has 0 aliphatic carbocycles. The molecule has 52 valence electrons. The molecule has 0 radical (unpaired) electrons. The van der Waals surface area contributed by atoms with Crippen molar-refractivity contribution in [1.29, 1.82) is 5.26 Å². The lowest BCUT2D eigenvalue weighted by Gasteiger charge is -1.84. The van der Waals surface area contributed by atoms with E-state index in [1.807, 2.05) is 12.1 Å². The standard InChI is InChI=1S/C7H6ClNS/c8-7-4-3-6(10-7)2-1-5-9/h3-4H,1-2H2. The summed E-state index contributed by atoms with van der Waals surface area (Å²) in [5, 5.41) is 8.26. The van der Waals surface area contributed by atoms with Crippen LogP contribution in [0.5, 0.6) is 0 Å². The van der Waals surface area contributed by atoms with Crippen molar-refractivity contribution < 1.29 is 0 Å². The van der Waals surface area contributed by atoms with Crippen LogP contribution in [-0.2, 0) is 6.42 Å². The van der Waals surface area contributed by atoms with Gasteiger partial charge >= 0.3 is 0 Å². The maximum absolute atomic E-state index is 8.26. The largest absolute Gasteiger partial charge is 0.198 e. The van der Waals surface area contributed by atoms with E-state index in [0.717, 1.165) is 10.8 Å². The number of thiophene rings is 1. The first-order valence-corrected chi connectivity index (χ1v) is 4.13. The third-order valence-corrected chi connectivity index (χ3v) is 2.40. The Morgan fingerprint density at radius 1 is 1.60 bits per heavy atom. The molecule has 10 heavy (non-hydrogen) atoms. The van der Waals surface area contributed by atoms with Crippen LogP contribution in [0, 0.1) is 11.3 Å². The van der Waals surface area contributed by atoms with E-state index in [2.05, 4.69) is 6.07 Å². The summed E-state index contributed by atoms with van der Waals surface area (Å²) in [6, 6.07) is 5.91. The van der Waals surface area contributed by atoms with E-state index in [4.69, 9.17) is 16.9 Å². The Balaban J connectivity index is 2.52. The topological polar surface area (TPSA) is 23.8 Å². The van der Waals surface area contributed by atoms with Gasteiger partial charge in [0.25, 0.3) is 0 Å². The van der Waals surface area contributed by atoms with Gasteiger partial charge in [0.1, 0.15) is 0 Å². The zero-order valence-corrected chi connectivity index (χ0v) is 6.87. The molecule has 0 spiro atoms. The zero-order valence-electron chi connectivity index (χ0n) is 5.30. The highest BCUT2D eigenvalue weighted by Gasteiger charge is 1.95. The summed E-state index contributed by atoms with van der Waals surface area (Å²) in [5.41, 5.74) is 0. The highest BCUT2D eigenvalue weighted by molar-refractivity contribution is 7.16. The fraction of sp³-hybridized carbons (Fsp3) is 0.286. The molecule has 3 heteroatoms. The summed E-state index contributed by atoms with van der Waals surface area (Å²) >= 11 is 7.22. The molecule has 0 unspecified atom stereocenters. The first kappa shape index (κ1) is 7.59. The number of rotatable bonds is 2. The Bertz CT molecular complexity index is 248. The van der Waals surface area contributed by atoms with Gasteiger partial charge < -0.3 is 0 Å². The second kappa shape index (κ2) is 3.60. The van der Waals surface area contributed by atoms with Crippen molar-refractivity contribution in [3.05, 3.63) is 21.3 Å². The normalized spacial score (nSPS) is 9.20. The van der Waals surface area contributed by atoms with Crippen LogP contribution in [0.15, 0.2) is 12.1 Å². The smallest absolute Gasteiger partial charge is 0.0931 e. The Labute approximate surface area is 68.9 Å². The maximum Gasteiger partial charge on any atom is 0.0931 e.